The van der Waals surface area contributed by atoms with Crippen molar-refractivity contribution >= 4 is 11.8 Å². The summed E-state index contributed by atoms with van der Waals surface area (Å²) in [6.45, 7) is 7.69. The molecule has 0 amide bonds. The molecule has 1 unspecified atom stereocenters. The van der Waals surface area contributed by atoms with Crippen molar-refractivity contribution in [2.24, 2.45) is 5.41 Å². The lowest BCUT2D eigenvalue weighted by Gasteiger charge is -2.33. The Labute approximate surface area is 108 Å². The predicted molar refractivity (Wildman–Crippen MR) is 67.3 cm³/mol. The number of hydrogen-bond acceptors (Lipinski definition) is 5. The second kappa shape index (κ2) is 6.29. The third-order valence-electron chi connectivity index (χ3n) is 3.44. The maximum absolute atomic E-state index is 12.1. The first-order chi connectivity index (χ1) is 8.41. The average Bonchev–Trinajstić information content (AvgIpc) is 2.37. The molecule has 1 heterocycles. The molecule has 1 rings (SSSR count). The number of methoxy groups -OCH3 is 1. The number of hydrogen-bond donors (Lipinski definition) is 0. The molecule has 0 aromatic carbocycles. The smallest absolute Gasteiger partial charge is 0.318 e. The molecule has 0 radical (unpaired) electrons. The molecular weight excluding hydrogens is 234 g/mol. The van der Waals surface area contributed by atoms with Crippen molar-refractivity contribution in [1.82, 2.24) is 4.90 Å². The molecule has 1 aliphatic heterocycles. The minimum atomic E-state index is -1.07. The molecule has 0 spiro atoms. The zero-order valence-electron chi connectivity index (χ0n) is 11.7. The fourth-order valence-electron chi connectivity index (χ4n) is 1.94. The highest BCUT2D eigenvalue weighted by atomic mass is 16.5. The van der Waals surface area contributed by atoms with Crippen LogP contribution < -0.4 is 0 Å². The summed E-state index contributed by atoms with van der Waals surface area (Å²) >= 11 is 0. The third kappa shape index (κ3) is 3.53. The lowest BCUT2D eigenvalue weighted by atomic mass is 9.87. The fraction of sp³-hybridized carbons (Fsp3) is 0.846. The van der Waals surface area contributed by atoms with Crippen LogP contribution in [0.25, 0.3) is 0 Å². The molecular formula is C13H23NO4. The highest BCUT2D eigenvalue weighted by molar-refractivity contribution is 6.03. The molecule has 1 atom stereocenters. The lowest BCUT2D eigenvalue weighted by Crippen LogP contribution is -2.48. The van der Waals surface area contributed by atoms with Crippen molar-refractivity contribution in [2.45, 2.75) is 33.3 Å². The highest BCUT2D eigenvalue weighted by Gasteiger charge is 2.38. The second-order valence-electron chi connectivity index (χ2n) is 5.18. The van der Waals surface area contributed by atoms with Crippen LogP contribution in [0.15, 0.2) is 0 Å². The number of ketones is 1. The van der Waals surface area contributed by atoms with Gasteiger partial charge >= 0.3 is 5.97 Å². The number of rotatable bonds is 5. The van der Waals surface area contributed by atoms with Gasteiger partial charge in [0.1, 0.15) is 5.41 Å². The lowest BCUT2D eigenvalue weighted by molar-refractivity contribution is -0.156. The molecule has 0 aromatic heterocycles. The first-order valence-corrected chi connectivity index (χ1v) is 6.37. The normalized spacial score (nSPS) is 21.7. The molecule has 0 N–H and O–H groups in total. The van der Waals surface area contributed by atoms with Gasteiger partial charge in [-0.3, -0.25) is 14.5 Å². The maximum atomic E-state index is 12.1. The summed E-state index contributed by atoms with van der Waals surface area (Å²) in [5.74, 6) is -0.584. The molecule has 1 saturated heterocycles. The van der Waals surface area contributed by atoms with Crippen LogP contribution in [-0.4, -0.2) is 56.1 Å². The molecule has 1 fully saturated rings. The Morgan fingerprint density at radius 3 is 2.67 bits per heavy atom. The Morgan fingerprint density at radius 1 is 1.44 bits per heavy atom. The summed E-state index contributed by atoms with van der Waals surface area (Å²) in [4.78, 5) is 25.7. The van der Waals surface area contributed by atoms with Gasteiger partial charge in [0, 0.05) is 13.1 Å². The second-order valence-corrected chi connectivity index (χ2v) is 5.18. The molecule has 104 valence electrons. The average molecular weight is 257 g/mol. The van der Waals surface area contributed by atoms with Gasteiger partial charge in [-0.15, -0.1) is 0 Å². The van der Waals surface area contributed by atoms with E-state index in [-0.39, 0.29) is 18.4 Å². The van der Waals surface area contributed by atoms with Crippen LogP contribution in [0, 0.1) is 5.41 Å². The minimum Gasteiger partial charge on any atom is -0.468 e. The van der Waals surface area contributed by atoms with E-state index < -0.39 is 11.4 Å². The van der Waals surface area contributed by atoms with Crippen LogP contribution in [0.2, 0.25) is 0 Å². The van der Waals surface area contributed by atoms with Gasteiger partial charge in [-0.25, -0.2) is 0 Å². The van der Waals surface area contributed by atoms with Gasteiger partial charge in [-0.2, -0.15) is 0 Å². The van der Waals surface area contributed by atoms with Gasteiger partial charge in [0.2, 0.25) is 0 Å². The standard InChI is InChI=1S/C13H23NO4/c1-5-10-8-14(6-7-18-10)9-11(15)13(2,3)12(16)17-4/h10H,5-9H2,1-4H3. The Balaban J connectivity index is 2.56. The monoisotopic (exact) mass is 257 g/mol. The van der Waals surface area contributed by atoms with E-state index in [0.717, 1.165) is 19.5 Å². The molecule has 0 saturated carbocycles. The highest BCUT2D eigenvalue weighted by Crippen LogP contribution is 2.20. The van der Waals surface area contributed by atoms with Crippen molar-refractivity contribution in [3.05, 3.63) is 0 Å². The Kier molecular flexibility index (Phi) is 5.28. The predicted octanol–water partition coefficient (Wildman–Crippen LogP) is 0.865. The van der Waals surface area contributed by atoms with Crippen molar-refractivity contribution < 1.29 is 19.1 Å². The number of carbonyl (C=O) groups is 2. The van der Waals surface area contributed by atoms with Crippen molar-refractivity contribution in [3.8, 4) is 0 Å². The van der Waals surface area contributed by atoms with Crippen molar-refractivity contribution in [3.63, 3.8) is 0 Å². The topological polar surface area (TPSA) is 55.8 Å². The zero-order chi connectivity index (χ0) is 13.8. The number of Topliss-reactive ketones (excluding diaryl/α,β-unsaturated/α-hetero) is 1. The third-order valence-corrected chi connectivity index (χ3v) is 3.44. The van der Waals surface area contributed by atoms with Gasteiger partial charge in [0.15, 0.2) is 5.78 Å². The Hall–Kier alpha value is -0.940. The van der Waals surface area contributed by atoms with E-state index >= 15 is 0 Å². The molecule has 0 aliphatic carbocycles. The summed E-state index contributed by atoms with van der Waals surface area (Å²) < 4.78 is 10.2. The zero-order valence-corrected chi connectivity index (χ0v) is 11.7. The van der Waals surface area contributed by atoms with Crippen LogP contribution in [0.4, 0.5) is 0 Å². The van der Waals surface area contributed by atoms with E-state index in [0.29, 0.717) is 6.61 Å². The quantitative estimate of drug-likeness (QED) is 0.540. The summed E-state index contributed by atoms with van der Waals surface area (Å²) in [7, 11) is 1.30. The number of nitrogens with zero attached hydrogens (tertiary/aromatic N) is 1. The number of morpholine rings is 1. The van der Waals surface area contributed by atoms with Crippen molar-refractivity contribution in [2.75, 3.05) is 33.4 Å². The molecule has 0 aromatic rings. The van der Waals surface area contributed by atoms with E-state index in [4.69, 9.17) is 4.74 Å². The number of esters is 1. The van der Waals surface area contributed by atoms with Gasteiger partial charge in [0.05, 0.1) is 26.4 Å². The van der Waals surface area contributed by atoms with Crippen molar-refractivity contribution in [1.29, 1.82) is 0 Å². The van der Waals surface area contributed by atoms with Crippen LogP contribution >= 0.6 is 0 Å². The van der Waals surface area contributed by atoms with E-state index in [1.165, 1.54) is 7.11 Å². The van der Waals surface area contributed by atoms with Gasteiger partial charge < -0.3 is 9.47 Å². The Morgan fingerprint density at radius 2 is 2.11 bits per heavy atom. The fourth-order valence-corrected chi connectivity index (χ4v) is 1.94. The van der Waals surface area contributed by atoms with E-state index in [9.17, 15) is 9.59 Å². The summed E-state index contributed by atoms with van der Waals surface area (Å²) in [6, 6.07) is 0. The van der Waals surface area contributed by atoms with Crippen LogP contribution in [0.3, 0.4) is 0 Å². The van der Waals surface area contributed by atoms with E-state index in [1.54, 1.807) is 13.8 Å². The summed E-state index contributed by atoms with van der Waals surface area (Å²) in [5.41, 5.74) is -1.07. The molecule has 5 nitrogen and oxygen atoms in total. The summed E-state index contributed by atoms with van der Waals surface area (Å²) in [6.07, 6.45) is 1.12. The van der Waals surface area contributed by atoms with Crippen LogP contribution in [-0.2, 0) is 19.1 Å². The molecule has 5 heteroatoms. The first-order valence-electron chi connectivity index (χ1n) is 6.37. The number of carbonyl (C=O) groups excluding carboxylic acids is 2. The van der Waals surface area contributed by atoms with Crippen LogP contribution in [0.1, 0.15) is 27.2 Å². The maximum Gasteiger partial charge on any atom is 0.318 e. The first kappa shape index (κ1) is 15.1. The number of ether oxygens (including phenoxy) is 2. The van der Waals surface area contributed by atoms with E-state index in [2.05, 4.69) is 11.7 Å². The van der Waals surface area contributed by atoms with Crippen LogP contribution in [0.5, 0.6) is 0 Å². The van der Waals surface area contributed by atoms with Gasteiger partial charge in [-0.05, 0) is 20.3 Å². The molecule has 18 heavy (non-hydrogen) atoms. The largest absolute Gasteiger partial charge is 0.468 e. The van der Waals surface area contributed by atoms with E-state index in [1.807, 2.05) is 4.90 Å². The minimum absolute atomic E-state index is 0.105. The molecule has 0 bridgehead atoms. The Bertz CT molecular complexity index is 314. The SMILES string of the molecule is CCC1CN(CC(=O)C(C)(C)C(=O)OC)CCO1. The summed E-state index contributed by atoms with van der Waals surface area (Å²) in [5, 5.41) is 0. The van der Waals surface area contributed by atoms with Gasteiger partial charge in [0.25, 0.3) is 0 Å². The molecule has 1 aliphatic rings. The van der Waals surface area contributed by atoms with Gasteiger partial charge in [-0.1, -0.05) is 6.92 Å².